The van der Waals surface area contributed by atoms with Crippen LogP contribution < -0.4 is 5.73 Å². The first-order valence-electron chi connectivity index (χ1n) is 6.56. The van der Waals surface area contributed by atoms with Crippen molar-refractivity contribution in [3.63, 3.8) is 0 Å². The standard InChI is InChI=1S/C14H16FN3OS/c1-14(16,9-2-3-9)13-17-12(18-19-13)8-20-11-6-4-10(15)5-7-11/h4-7,9H,2-3,8,16H2,1H3. The second-order valence-corrected chi connectivity index (χ2v) is 6.36. The van der Waals surface area contributed by atoms with Crippen molar-refractivity contribution in [3.8, 4) is 0 Å². The highest BCUT2D eigenvalue weighted by Gasteiger charge is 2.43. The molecule has 1 aromatic heterocycles. The first-order chi connectivity index (χ1) is 9.55. The van der Waals surface area contributed by atoms with Gasteiger partial charge >= 0.3 is 0 Å². The van der Waals surface area contributed by atoms with Crippen molar-refractivity contribution >= 4 is 11.8 Å². The van der Waals surface area contributed by atoms with Crippen LogP contribution in [0.15, 0.2) is 33.7 Å². The zero-order valence-electron chi connectivity index (χ0n) is 11.2. The summed E-state index contributed by atoms with van der Waals surface area (Å²) in [5.41, 5.74) is 5.71. The zero-order chi connectivity index (χ0) is 14.2. The molecule has 20 heavy (non-hydrogen) atoms. The molecule has 3 rings (SSSR count). The molecule has 1 aromatic carbocycles. The Morgan fingerprint density at radius 1 is 1.40 bits per heavy atom. The topological polar surface area (TPSA) is 64.9 Å². The van der Waals surface area contributed by atoms with Crippen molar-refractivity contribution in [2.45, 2.75) is 36.0 Å². The van der Waals surface area contributed by atoms with E-state index in [1.165, 1.54) is 23.9 Å². The molecule has 1 heterocycles. The Bertz CT molecular complexity index is 593. The van der Waals surface area contributed by atoms with E-state index < -0.39 is 5.54 Å². The average Bonchev–Trinajstić information content (AvgIpc) is 3.18. The van der Waals surface area contributed by atoms with E-state index in [1.54, 1.807) is 12.1 Å². The second kappa shape index (κ2) is 5.18. The van der Waals surface area contributed by atoms with Gasteiger partial charge in [0.05, 0.1) is 11.3 Å². The van der Waals surface area contributed by atoms with Crippen LogP contribution in [0.25, 0.3) is 0 Å². The summed E-state index contributed by atoms with van der Waals surface area (Å²) in [6, 6.07) is 6.35. The number of aromatic nitrogens is 2. The molecular formula is C14H16FN3OS. The van der Waals surface area contributed by atoms with Crippen LogP contribution in [-0.4, -0.2) is 10.1 Å². The number of nitrogens with two attached hydrogens (primary N) is 1. The molecule has 0 bridgehead atoms. The van der Waals surface area contributed by atoms with E-state index >= 15 is 0 Å². The minimum atomic E-state index is -0.522. The molecule has 0 radical (unpaired) electrons. The maximum Gasteiger partial charge on any atom is 0.246 e. The lowest BCUT2D eigenvalue weighted by Gasteiger charge is -2.18. The molecule has 6 heteroatoms. The fourth-order valence-corrected chi connectivity index (χ4v) is 2.81. The molecule has 2 aromatic rings. The molecule has 1 aliphatic rings. The third-order valence-corrected chi connectivity index (χ3v) is 4.54. The lowest BCUT2D eigenvalue weighted by atomic mass is 9.97. The van der Waals surface area contributed by atoms with Crippen molar-refractivity contribution < 1.29 is 8.91 Å². The van der Waals surface area contributed by atoms with E-state index in [0.29, 0.717) is 23.4 Å². The van der Waals surface area contributed by atoms with Gasteiger partial charge in [0.1, 0.15) is 5.82 Å². The summed E-state index contributed by atoms with van der Waals surface area (Å²) in [4.78, 5) is 5.35. The van der Waals surface area contributed by atoms with Crippen molar-refractivity contribution in [1.29, 1.82) is 0 Å². The van der Waals surface area contributed by atoms with Gasteiger partial charge in [-0.1, -0.05) is 5.16 Å². The van der Waals surface area contributed by atoms with E-state index in [1.807, 2.05) is 6.92 Å². The summed E-state index contributed by atoms with van der Waals surface area (Å²) in [5, 5.41) is 3.96. The summed E-state index contributed by atoms with van der Waals surface area (Å²) >= 11 is 1.54. The van der Waals surface area contributed by atoms with Crippen molar-refractivity contribution in [1.82, 2.24) is 10.1 Å². The number of benzene rings is 1. The summed E-state index contributed by atoms with van der Waals surface area (Å²) < 4.78 is 18.1. The smallest absolute Gasteiger partial charge is 0.246 e. The third-order valence-electron chi connectivity index (χ3n) is 3.54. The molecular weight excluding hydrogens is 277 g/mol. The van der Waals surface area contributed by atoms with E-state index in [0.717, 1.165) is 17.7 Å². The number of nitrogens with zero attached hydrogens (tertiary/aromatic N) is 2. The maximum absolute atomic E-state index is 12.8. The molecule has 2 N–H and O–H groups in total. The van der Waals surface area contributed by atoms with Crippen LogP contribution in [0.3, 0.4) is 0 Å². The zero-order valence-corrected chi connectivity index (χ0v) is 12.0. The second-order valence-electron chi connectivity index (χ2n) is 5.32. The van der Waals surface area contributed by atoms with Gasteiger partial charge in [0, 0.05) is 4.90 Å². The van der Waals surface area contributed by atoms with Crippen LogP contribution in [-0.2, 0) is 11.3 Å². The molecule has 0 spiro atoms. The van der Waals surface area contributed by atoms with Gasteiger partial charge in [-0.2, -0.15) is 4.98 Å². The van der Waals surface area contributed by atoms with Gasteiger partial charge in [0.25, 0.3) is 0 Å². The molecule has 1 atom stereocenters. The summed E-state index contributed by atoms with van der Waals surface area (Å²) in [5.74, 6) is 1.91. The Balaban J connectivity index is 1.64. The lowest BCUT2D eigenvalue weighted by Crippen LogP contribution is -2.35. The van der Waals surface area contributed by atoms with Crippen molar-refractivity contribution in [2.24, 2.45) is 11.7 Å². The predicted molar refractivity (Wildman–Crippen MR) is 74.5 cm³/mol. The molecule has 1 saturated carbocycles. The van der Waals surface area contributed by atoms with E-state index in [-0.39, 0.29) is 5.82 Å². The minimum Gasteiger partial charge on any atom is -0.337 e. The molecule has 1 fully saturated rings. The highest BCUT2D eigenvalue weighted by Crippen LogP contribution is 2.43. The number of hydrogen-bond donors (Lipinski definition) is 1. The first-order valence-corrected chi connectivity index (χ1v) is 7.54. The number of rotatable bonds is 5. The Kier molecular flexibility index (Phi) is 3.52. The molecule has 0 aliphatic heterocycles. The van der Waals surface area contributed by atoms with Crippen molar-refractivity contribution in [2.75, 3.05) is 0 Å². The van der Waals surface area contributed by atoms with Crippen LogP contribution >= 0.6 is 11.8 Å². The number of thioether (sulfide) groups is 1. The van der Waals surface area contributed by atoms with Gasteiger partial charge in [0.2, 0.25) is 5.89 Å². The molecule has 1 unspecified atom stereocenters. The quantitative estimate of drug-likeness (QED) is 0.858. The van der Waals surface area contributed by atoms with E-state index in [4.69, 9.17) is 10.3 Å². The van der Waals surface area contributed by atoms with E-state index in [2.05, 4.69) is 10.1 Å². The fraction of sp³-hybridized carbons (Fsp3) is 0.429. The molecule has 0 saturated heterocycles. The highest BCUT2D eigenvalue weighted by atomic mass is 32.2. The summed E-state index contributed by atoms with van der Waals surface area (Å²) in [6.07, 6.45) is 2.24. The molecule has 4 nitrogen and oxygen atoms in total. The van der Waals surface area contributed by atoms with E-state index in [9.17, 15) is 4.39 Å². The Morgan fingerprint density at radius 2 is 2.10 bits per heavy atom. The first kappa shape index (κ1) is 13.6. The molecule has 106 valence electrons. The SMILES string of the molecule is CC(N)(c1nc(CSc2ccc(F)cc2)no1)C1CC1. The van der Waals surface area contributed by atoms with Crippen LogP contribution in [0.2, 0.25) is 0 Å². The molecule has 0 amide bonds. The average molecular weight is 293 g/mol. The number of hydrogen-bond acceptors (Lipinski definition) is 5. The maximum atomic E-state index is 12.8. The highest BCUT2D eigenvalue weighted by molar-refractivity contribution is 7.98. The van der Waals surface area contributed by atoms with Gasteiger partial charge in [0.15, 0.2) is 5.82 Å². The third kappa shape index (κ3) is 2.86. The Hall–Kier alpha value is -1.40. The summed E-state index contributed by atoms with van der Waals surface area (Å²) in [7, 11) is 0. The fourth-order valence-electron chi connectivity index (χ4n) is 2.07. The van der Waals surface area contributed by atoms with Gasteiger partial charge in [-0.05, 0) is 49.9 Å². The van der Waals surface area contributed by atoms with Crippen LogP contribution in [0.1, 0.15) is 31.5 Å². The Morgan fingerprint density at radius 3 is 2.75 bits per heavy atom. The van der Waals surface area contributed by atoms with Gasteiger partial charge < -0.3 is 10.3 Å². The largest absolute Gasteiger partial charge is 0.337 e. The van der Waals surface area contributed by atoms with Crippen LogP contribution in [0.4, 0.5) is 4.39 Å². The van der Waals surface area contributed by atoms with Gasteiger partial charge in [-0.25, -0.2) is 4.39 Å². The van der Waals surface area contributed by atoms with Crippen molar-refractivity contribution in [3.05, 3.63) is 41.8 Å². The van der Waals surface area contributed by atoms with Crippen LogP contribution in [0.5, 0.6) is 0 Å². The lowest BCUT2D eigenvalue weighted by molar-refractivity contribution is 0.272. The number of halogens is 1. The van der Waals surface area contributed by atoms with Gasteiger partial charge in [-0.3, -0.25) is 0 Å². The molecule has 1 aliphatic carbocycles. The van der Waals surface area contributed by atoms with Crippen LogP contribution in [0, 0.1) is 11.7 Å². The normalized spacial score (nSPS) is 17.9. The monoisotopic (exact) mass is 293 g/mol. The Labute approximate surface area is 120 Å². The van der Waals surface area contributed by atoms with Gasteiger partial charge in [-0.15, -0.1) is 11.8 Å². The summed E-state index contributed by atoms with van der Waals surface area (Å²) in [6.45, 7) is 1.94. The minimum absolute atomic E-state index is 0.237. The predicted octanol–water partition coefficient (Wildman–Crippen LogP) is 3.08.